The average molecular weight is 262 g/mol. The summed E-state index contributed by atoms with van der Waals surface area (Å²) in [6.07, 6.45) is 0. The smallest absolute Gasteiger partial charge is 0.194 e. The molecule has 0 amide bonds. The highest BCUT2D eigenvalue weighted by Gasteiger charge is 2.06. The zero-order valence-corrected chi connectivity index (χ0v) is 11.0. The van der Waals surface area contributed by atoms with Crippen LogP contribution in [0, 0.1) is 6.92 Å². The number of nitrogens with two attached hydrogens (primary N) is 2. The summed E-state index contributed by atoms with van der Waals surface area (Å²) in [5, 5.41) is 0.610. The first kappa shape index (κ1) is 12.5. The maximum atomic E-state index is 5.76. The van der Waals surface area contributed by atoms with Gasteiger partial charge in [-0.1, -0.05) is 0 Å². The maximum absolute atomic E-state index is 5.76. The lowest BCUT2D eigenvalue weighted by Crippen LogP contribution is -1.96. The van der Waals surface area contributed by atoms with E-state index in [0.29, 0.717) is 22.4 Å². The van der Waals surface area contributed by atoms with E-state index in [1.165, 1.54) is 11.8 Å². The van der Waals surface area contributed by atoms with Crippen molar-refractivity contribution < 1.29 is 4.74 Å². The number of aryl methyl sites for hydroxylation is 1. The van der Waals surface area contributed by atoms with Crippen LogP contribution in [0.1, 0.15) is 5.69 Å². The van der Waals surface area contributed by atoms with Crippen LogP contribution in [0.3, 0.4) is 0 Å². The van der Waals surface area contributed by atoms with Gasteiger partial charge in [-0.3, -0.25) is 0 Å². The molecule has 0 unspecified atom stereocenters. The SMILES string of the molecule is COc1cc(Sc2nc(C)cc(N)n2)ccc1N. The standard InChI is InChI=1S/C12H14N4OS/c1-7-5-11(14)16-12(15-7)18-8-3-4-9(13)10(6-8)17-2/h3-6H,13H2,1-2H3,(H2,14,15,16). The summed E-state index contributed by atoms with van der Waals surface area (Å²) >= 11 is 1.42. The molecule has 1 aromatic carbocycles. The summed E-state index contributed by atoms with van der Waals surface area (Å²) in [6.45, 7) is 1.88. The molecule has 0 saturated heterocycles. The van der Waals surface area contributed by atoms with Crippen LogP contribution >= 0.6 is 11.8 Å². The lowest BCUT2D eigenvalue weighted by molar-refractivity contribution is 0.416. The minimum Gasteiger partial charge on any atom is -0.495 e. The van der Waals surface area contributed by atoms with Crippen molar-refractivity contribution in [2.75, 3.05) is 18.6 Å². The molecular weight excluding hydrogens is 248 g/mol. The second kappa shape index (κ2) is 5.14. The minimum atomic E-state index is 0.465. The van der Waals surface area contributed by atoms with Crippen molar-refractivity contribution in [1.82, 2.24) is 9.97 Å². The highest BCUT2D eigenvalue weighted by Crippen LogP contribution is 2.31. The van der Waals surface area contributed by atoms with Crippen molar-refractivity contribution in [3.05, 3.63) is 30.0 Å². The van der Waals surface area contributed by atoms with Gasteiger partial charge >= 0.3 is 0 Å². The third-order valence-corrected chi connectivity index (χ3v) is 3.12. The fourth-order valence-electron chi connectivity index (χ4n) is 1.47. The van der Waals surface area contributed by atoms with Crippen molar-refractivity contribution in [2.24, 2.45) is 0 Å². The predicted octanol–water partition coefficient (Wildman–Crippen LogP) is 2.11. The lowest BCUT2D eigenvalue weighted by atomic mass is 10.3. The Morgan fingerprint density at radius 1 is 1.17 bits per heavy atom. The Morgan fingerprint density at radius 3 is 2.61 bits per heavy atom. The first-order valence-electron chi connectivity index (χ1n) is 5.31. The monoisotopic (exact) mass is 262 g/mol. The first-order valence-corrected chi connectivity index (χ1v) is 6.12. The normalized spacial score (nSPS) is 10.3. The van der Waals surface area contributed by atoms with E-state index in [1.54, 1.807) is 19.2 Å². The van der Waals surface area contributed by atoms with Gasteiger partial charge < -0.3 is 16.2 Å². The van der Waals surface area contributed by atoms with Crippen molar-refractivity contribution in [1.29, 1.82) is 0 Å². The molecule has 0 aliphatic rings. The van der Waals surface area contributed by atoms with Crippen LogP contribution in [-0.4, -0.2) is 17.1 Å². The molecule has 0 saturated carbocycles. The second-order valence-corrected chi connectivity index (χ2v) is 4.76. The number of anilines is 2. The molecule has 0 radical (unpaired) electrons. The van der Waals surface area contributed by atoms with E-state index in [9.17, 15) is 0 Å². The van der Waals surface area contributed by atoms with Gasteiger partial charge in [0, 0.05) is 16.7 Å². The third kappa shape index (κ3) is 2.84. The van der Waals surface area contributed by atoms with E-state index in [4.69, 9.17) is 16.2 Å². The Morgan fingerprint density at radius 2 is 1.94 bits per heavy atom. The molecule has 4 N–H and O–H groups in total. The number of ether oxygens (including phenoxy) is 1. The van der Waals surface area contributed by atoms with Crippen LogP contribution in [0.5, 0.6) is 5.75 Å². The average Bonchev–Trinajstić information content (AvgIpc) is 2.30. The fourth-order valence-corrected chi connectivity index (χ4v) is 2.32. The summed E-state index contributed by atoms with van der Waals surface area (Å²) in [5.74, 6) is 1.10. The Labute approximate surface area is 110 Å². The topological polar surface area (TPSA) is 87.0 Å². The van der Waals surface area contributed by atoms with Gasteiger partial charge in [0.05, 0.1) is 12.8 Å². The van der Waals surface area contributed by atoms with E-state index in [0.717, 1.165) is 10.6 Å². The second-order valence-electron chi connectivity index (χ2n) is 3.72. The fraction of sp³-hybridized carbons (Fsp3) is 0.167. The molecule has 5 nitrogen and oxygen atoms in total. The first-order chi connectivity index (χ1) is 8.58. The Balaban J connectivity index is 2.28. The maximum Gasteiger partial charge on any atom is 0.194 e. The molecule has 0 bridgehead atoms. The number of nitrogen functional groups attached to an aromatic ring is 2. The van der Waals surface area contributed by atoms with Gasteiger partial charge in [0.2, 0.25) is 0 Å². The van der Waals surface area contributed by atoms with Crippen molar-refractivity contribution in [3.8, 4) is 5.75 Å². The number of aromatic nitrogens is 2. The number of nitrogens with zero attached hydrogens (tertiary/aromatic N) is 2. The third-order valence-electron chi connectivity index (χ3n) is 2.27. The van der Waals surface area contributed by atoms with Gasteiger partial charge in [0.15, 0.2) is 5.16 Å². The summed E-state index contributed by atoms with van der Waals surface area (Å²) in [5.41, 5.74) is 12.9. The Hall–Kier alpha value is -1.95. The molecule has 6 heteroatoms. The molecule has 94 valence electrons. The highest BCUT2D eigenvalue weighted by atomic mass is 32.2. The summed E-state index contributed by atoms with van der Waals surface area (Å²) in [6, 6.07) is 7.26. The molecule has 1 heterocycles. The van der Waals surface area contributed by atoms with Crippen LogP contribution in [0.2, 0.25) is 0 Å². The van der Waals surface area contributed by atoms with Gasteiger partial charge in [-0.15, -0.1) is 0 Å². The zero-order chi connectivity index (χ0) is 13.1. The van der Waals surface area contributed by atoms with Crippen molar-refractivity contribution in [3.63, 3.8) is 0 Å². The van der Waals surface area contributed by atoms with Gasteiger partial charge in [0.25, 0.3) is 0 Å². The number of hydrogen-bond donors (Lipinski definition) is 2. The molecule has 1 aromatic heterocycles. The molecule has 0 spiro atoms. The minimum absolute atomic E-state index is 0.465. The molecule has 0 aliphatic heterocycles. The summed E-state index contributed by atoms with van der Waals surface area (Å²) in [4.78, 5) is 9.42. The van der Waals surface area contributed by atoms with Gasteiger partial charge in [-0.05, 0) is 36.9 Å². The molecule has 0 aliphatic carbocycles. The van der Waals surface area contributed by atoms with E-state index >= 15 is 0 Å². The van der Waals surface area contributed by atoms with E-state index in [1.807, 2.05) is 19.1 Å². The van der Waals surface area contributed by atoms with Crippen LogP contribution in [0.15, 0.2) is 34.3 Å². The zero-order valence-electron chi connectivity index (χ0n) is 10.2. The number of benzene rings is 1. The van der Waals surface area contributed by atoms with Crippen LogP contribution in [-0.2, 0) is 0 Å². The molecule has 0 fully saturated rings. The molecular formula is C12H14N4OS. The molecule has 18 heavy (non-hydrogen) atoms. The van der Waals surface area contributed by atoms with E-state index in [-0.39, 0.29) is 0 Å². The molecule has 2 aromatic rings. The highest BCUT2D eigenvalue weighted by molar-refractivity contribution is 7.99. The van der Waals surface area contributed by atoms with E-state index < -0.39 is 0 Å². The van der Waals surface area contributed by atoms with Gasteiger partial charge in [-0.2, -0.15) is 0 Å². The Bertz CT molecular complexity index is 554. The van der Waals surface area contributed by atoms with Crippen LogP contribution < -0.4 is 16.2 Å². The van der Waals surface area contributed by atoms with Crippen molar-refractivity contribution >= 4 is 23.3 Å². The number of rotatable bonds is 3. The van der Waals surface area contributed by atoms with Crippen LogP contribution in [0.4, 0.5) is 11.5 Å². The van der Waals surface area contributed by atoms with Gasteiger partial charge in [-0.25, -0.2) is 9.97 Å². The molecule has 2 rings (SSSR count). The van der Waals surface area contributed by atoms with Crippen molar-refractivity contribution in [2.45, 2.75) is 17.0 Å². The number of hydrogen-bond acceptors (Lipinski definition) is 6. The van der Waals surface area contributed by atoms with E-state index in [2.05, 4.69) is 9.97 Å². The largest absolute Gasteiger partial charge is 0.495 e. The summed E-state index contributed by atoms with van der Waals surface area (Å²) < 4.78 is 5.17. The van der Waals surface area contributed by atoms with Crippen LogP contribution in [0.25, 0.3) is 0 Å². The summed E-state index contributed by atoms with van der Waals surface area (Å²) in [7, 11) is 1.58. The number of methoxy groups -OCH3 is 1. The predicted molar refractivity (Wildman–Crippen MR) is 72.7 cm³/mol. The quantitative estimate of drug-likeness (QED) is 0.650. The molecule has 0 atom stereocenters. The Kier molecular flexibility index (Phi) is 3.57. The van der Waals surface area contributed by atoms with Gasteiger partial charge in [0.1, 0.15) is 11.6 Å². The lowest BCUT2D eigenvalue weighted by Gasteiger charge is -2.07.